The third-order valence-electron chi connectivity index (χ3n) is 3.83. The summed E-state index contributed by atoms with van der Waals surface area (Å²) < 4.78 is 27.7. The molecule has 0 aromatic heterocycles. The van der Waals surface area contributed by atoms with E-state index in [4.69, 9.17) is 23.7 Å². The molecule has 0 aliphatic heterocycles. The maximum absolute atomic E-state index is 5.73. The van der Waals surface area contributed by atoms with E-state index in [1.165, 1.54) is 5.56 Å². The summed E-state index contributed by atoms with van der Waals surface area (Å²) in [5.41, 5.74) is 1.30. The maximum atomic E-state index is 5.73. The number of rotatable bonds is 14. The normalized spacial score (nSPS) is 10.6. The lowest BCUT2D eigenvalue weighted by Gasteiger charge is -2.11. The fourth-order valence-electron chi connectivity index (χ4n) is 2.38. The van der Waals surface area contributed by atoms with Gasteiger partial charge >= 0.3 is 0 Å². The van der Waals surface area contributed by atoms with E-state index >= 15 is 0 Å². The number of hydrogen-bond donors (Lipinski definition) is 0. The summed E-state index contributed by atoms with van der Waals surface area (Å²) in [7, 11) is 0. The summed E-state index contributed by atoms with van der Waals surface area (Å²) >= 11 is 0. The first-order valence-electron chi connectivity index (χ1n) is 9.54. The van der Waals surface area contributed by atoms with Crippen molar-refractivity contribution in [2.75, 3.05) is 46.2 Å². The zero-order valence-corrected chi connectivity index (χ0v) is 16.3. The van der Waals surface area contributed by atoms with Gasteiger partial charge in [-0.3, -0.25) is 0 Å². The predicted octanol–water partition coefficient (Wildman–Crippen LogP) is 4.14. The third-order valence-corrected chi connectivity index (χ3v) is 3.83. The van der Waals surface area contributed by atoms with Crippen molar-refractivity contribution in [3.63, 3.8) is 0 Å². The second kappa shape index (κ2) is 13.0. The molecular formula is C22H30O5. The van der Waals surface area contributed by atoms with Crippen LogP contribution in [-0.2, 0) is 15.9 Å². The van der Waals surface area contributed by atoms with Gasteiger partial charge in [-0.25, -0.2) is 0 Å². The molecule has 0 unspecified atom stereocenters. The van der Waals surface area contributed by atoms with E-state index in [9.17, 15) is 0 Å². The van der Waals surface area contributed by atoms with Crippen molar-refractivity contribution >= 4 is 0 Å². The molecule has 0 aliphatic rings. The van der Waals surface area contributed by atoms with Gasteiger partial charge in [0, 0.05) is 12.7 Å². The second-order valence-electron chi connectivity index (χ2n) is 5.83. The van der Waals surface area contributed by atoms with Crippen molar-refractivity contribution in [1.82, 2.24) is 0 Å². The van der Waals surface area contributed by atoms with Gasteiger partial charge in [-0.15, -0.1) is 0 Å². The summed E-state index contributed by atoms with van der Waals surface area (Å²) in [5.74, 6) is 2.38. The Hall–Kier alpha value is -2.24. The third kappa shape index (κ3) is 8.80. The van der Waals surface area contributed by atoms with Crippen molar-refractivity contribution in [1.29, 1.82) is 0 Å². The van der Waals surface area contributed by atoms with Crippen molar-refractivity contribution in [2.45, 2.75) is 20.3 Å². The molecule has 0 N–H and O–H groups in total. The van der Waals surface area contributed by atoms with Gasteiger partial charge in [0.15, 0.2) is 0 Å². The van der Waals surface area contributed by atoms with E-state index in [1.807, 2.05) is 43.3 Å². The number of hydrogen-bond acceptors (Lipinski definition) is 5. The lowest BCUT2D eigenvalue weighted by Crippen LogP contribution is -2.11. The van der Waals surface area contributed by atoms with Gasteiger partial charge in [0.2, 0.25) is 0 Å². The lowest BCUT2D eigenvalue weighted by molar-refractivity contribution is 0.0404. The molecule has 0 saturated carbocycles. The van der Waals surface area contributed by atoms with Crippen molar-refractivity contribution < 1.29 is 23.7 Å². The second-order valence-corrected chi connectivity index (χ2v) is 5.83. The molecule has 0 fully saturated rings. The van der Waals surface area contributed by atoms with Crippen LogP contribution >= 0.6 is 0 Å². The van der Waals surface area contributed by atoms with Crippen LogP contribution in [0.5, 0.6) is 17.2 Å². The molecule has 148 valence electrons. The average Bonchev–Trinajstić information content (AvgIpc) is 2.71. The van der Waals surface area contributed by atoms with E-state index in [0.717, 1.165) is 23.7 Å². The highest BCUT2D eigenvalue weighted by Crippen LogP contribution is 2.19. The monoisotopic (exact) mass is 374 g/mol. The van der Waals surface area contributed by atoms with Crippen LogP contribution in [-0.4, -0.2) is 46.2 Å². The summed E-state index contributed by atoms with van der Waals surface area (Å²) in [5, 5.41) is 0. The minimum absolute atomic E-state index is 0.472. The Morgan fingerprint density at radius 2 is 1.15 bits per heavy atom. The molecule has 0 atom stereocenters. The molecule has 0 spiro atoms. The van der Waals surface area contributed by atoms with E-state index in [2.05, 4.69) is 19.1 Å². The van der Waals surface area contributed by atoms with Gasteiger partial charge in [-0.1, -0.05) is 25.1 Å². The Balaban J connectivity index is 1.61. The lowest BCUT2D eigenvalue weighted by atomic mass is 10.2. The Kier molecular flexibility index (Phi) is 10.1. The van der Waals surface area contributed by atoms with Crippen LogP contribution in [0.15, 0.2) is 48.5 Å². The zero-order chi connectivity index (χ0) is 19.2. The van der Waals surface area contributed by atoms with Crippen LogP contribution in [0.2, 0.25) is 0 Å². The molecular weight excluding hydrogens is 344 g/mol. The Bertz CT molecular complexity index is 627. The topological polar surface area (TPSA) is 46.2 Å². The molecule has 0 amide bonds. The standard InChI is InChI=1S/C22H30O5/c1-3-19-8-10-20(11-9-19)25-16-17-27-22-7-5-6-21(18-22)26-15-14-24-13-12-23-4-2/h5-11,18H,3-4,12-17H2,1-2H3. The number of benzene rings is 2. The first kappa shape index (κ1) is 21.1. The molecule has 0 bridgehead atoms. The molecule has 27 heavy (non-hydrogen) atoms. The van der Waals surface area contributed by atoms with E-state index in [1.54, 1.807) is 0 Å². The van der Waals surface area contributed by atoms with Crippen LogP contribution in [0, 0.1) is 0 Å². The Morgan fingerprint density at radius 1 is 0.593 bits per heavy atom. The van der Waals surface area contributed by atoms with Crippen LogP contribution in [0.4, 0.5) is 0 Å². The highest BCUT2D eigenvalue weighted by molar-refractivity contribution is 5.33. The largest absolute Gasteiger partial charge is 0.491 e. The summed E-state index contributed by atoms with van der Waals surface area (Å²) in [6.45, 7) is 8.00. The SMILES string of the molecule is CCOCCOCCOc1cccc(OCCOc2ccc(CC)cc2)c1. The van der Waals surface area contributed by atoms with Gasteiger partial charge < -0.3 is 23.7 Å². The molecule has 0 radical (unpaired) electrons. The minimum atomic E-state index is 0.472. The molecule has 5 nitrogen and oxygen atoms in total. The van der Waals surface area contributed by atoms with E-state index in [0.29, 0.717) is 46.2 Å². The fraction of sp³-hybridized carbons (Fsp3) is 0.455. The molecule has 0 saturated heterocycles. The molecule has 2 aromatic rings. The minimum Gasteiger partial charge on any atom is -0.491 e. The van der Waals surface area contributed by atoms with Gasteiger partial charge in [0.1, 0.15) is 37.1 Å². The van der Waals surface area contributed by atoms with E-state index in [-0.39, 0.29) is 0 Å². The average molecular weight is 374 g/mol. The Morgan fingerprint density at radius 3 is 1.78 bits per heavy atom. The molecule has 2 rings (SSSR count). The van der Waals surface area contributed by atoms with Gasteiger partial charge in [0.05, 0.1) is 19.8 Å². The van der Waals surface area contributed by atoms with Crippen molar-refractivity contribution in [2.24, 2.45) is 0 Å². The quantitative estimate of drug-likeness (QED) is 0.465. The van der Waals surface area contributed by atoms with Gasteiger partial charge in [-0.05, 0) is 43.2 Å². The molecule has 2 aromatic carbocycles. The molecule has 0 aliphatic carbocycles. The highest BCUT2D eigenvalue weighted by Gasteiger charge is 2.00. The van der Waals surface area contributed by atoms with Gasteiger partial charge in [-0.2, -0.15) is 0 Å². The van der Waals surface area contributed by atoms with Crippen molar-refractivity contribution in [3.8, 4) is 17.2 Å². The molecule has 5 heteroatoms. The van der Waals surface area contributed by atoms with Crippen LogP contribution in [0.1, 0.15) is 19.4 Å². The van der Waals surface area contributed by atoms with Crippen LogP contribution < -0.4 is 14.2 Å². The zero-order valence-electron chi connectivity index (χ0n) is 16.3. The predicted molar refractivity (Wildman–Crippen MR) is 106 cm³/mol. The summed E-state index contributed by atoms with van der Waals surface area (Å²) in [4.78, 5) is 0. The first-order valence-corrected chi connectivity index (χ1v) is 9.54. The van der Waals surface area contributed by atoms with Crippen molar-refractivity contribution in [3.05, 3.63) is 54.1 Å². The summed E-state index contributed by atoms with van der Waals surface area (Å²) in [6.07, 6.45) is 1.03. The maximum Gasteiger partial charge on any atom is 0.123 e. The van der Waals surface area contributed by atoms with Crippen LogP contribution in [0.25, 0.3) is 0 Å². The highest BCUT2D eigenvalue weighted by atomic mass is 16.5. The number of ether oxygens (including phenoxy) is 5. The fourth-order valence-corrected chi connectivity index (χ4v) is 2.38. The van der Waals surface area contributed by atoms with Gasteiger partial charge in [0.25, 0.3) is 0 Å². The molecule has 0 heterocycles. The first-order chi connectivity index (χ1) is 13.3. The Labute approximate surface area is 162 Å². The smallest absolute Gasteiger partial charge is 0.123 e. The summed E-state index contributed by atoms with van der Waals surface area (Å²) in [6, 6.07) is 15.7. The van der Waals surface area contributed by atoms with Crippen LogP contribution in [0.3, 0.4) is 0 Å². The van der Waals surface area contributed by atoms with E-state index < -0.39 is 0 Å². The number of aryl methyl sites for hydroxylation is 1.